The predicted octanol–water partition coefficient (Wildman–Crippen LogP) is 2.38. The van der Waals surface area contributed by atoms with Gasteiger partial charge in [0.2, 0.25) is 5.91 Å². The van der Waals surface area contributed by atoms with E-state index in [1.807, 2.05) is 13.0 Å². The Bertz CT molecular complexity index is 853. The number of ether oxygens (including phenoxy) is 1. The molecule has 0 bridgehead atoms. The average molecular weight is 396 g/mol. The summed E-state index contributed by atoms with van der Waals surface area (Å²) in [7, 11) is 0. The molecule has 154 valence electrons. The summed E-state index contributed by atoms with van der Waals surface area (Å²) in [5.74, 6) is 0.00768. The number of carbonyl (C=O) groups is 2. The van der Waals surface area contributed by atoms with E-state index in [-0.39, 0.29) is 24.4 Å². The minimum Gasteiger partial charge on any atom is -0.493 e. The van der Waals surface area contributed by atoms with E-state index in [1.165, 1.54) is 11.1 Å². The first-order chi connectivity index (χ1) is 14.1. The van der Waals surface area contributed by atoms with Crippen LogP contribution in [0.3, 0.4) is 0 Å². The highest BCUT2D eigenvalue weighted by atomic mass is 16.5. The van der Waals surface area contributed by atoms with Gasteiger partial charge < -0.3 is 15.4 Å². The zero-order valence-electron chi connectivity index (χ0n) is 17.1. The van der Waals surface area contributed by atoms with Crippen LogP contribution in [0.1, 0.15) is 35.3 Å². The van der Waals surface area contributed by atoms with Crippen LogP contribution in [0.2, 0.25) is 0 Å². The van der Waals surface area contributed by atoms with Gasteiger partial charge in [0.25, 0.3) is 5.91 Å². The number of nitrogens with one attached hydrogen (secondary N) is 2. The number of amides is 2. The summed E-state index contributed by atoms with van der Waals surface area (Å²) >= 11 is 0. The Morgan fingerprint density at radius 3 is 2.59 bits per heavy atom. The Morgan fingerprint density at radius 2 is 1.79 bits per heavy atom. The molecule has 2 amide bonds. The van der Waals surface area contributed by atoms with E-state index in [0.717, 1.165) is 19.5 Å². The summed E-state index contributed by atoms with van der Waals surface area (Å²) in [6, 6.07) is 15.8. The fourth-order valence-corrected chi connectivity index (χ4v) is 3.54. The summed E-state index contributed by atoms with van der Waals surface area (Å²) in [6.45, 7) is 6.83. The Kier molecular flexibility index (Phi) is 7.25. The van der Waals surface area contributed by atoms with E-state index in [9.17, 15) is 9.59 Å². The lowest BCUT2D eigenvalue weighted by Gasteiger charge is -2.33. The molecule has 6 nitrogen and oxygen atoms in total. The second-order valence-corrected chi connectivity index (χ2v) is 7.25. The van der Waals surface area contributed by atoms with Gasteiger partial charge in [0.1, 0.15) is 5.75 Å². The van der Waals surface area contributed by atoms with E-state index in [0.29, 0.717) is 24.5 Å². The average Bonchev–Trinajstić information content (AvgIpc) is 2.76. The Hall–Kier alpha value is -2.86. The summed E-state index contributed by atoms with van der Waals surface area (Å²) in [6.07, 6.45) is 1.03. The molecule has 0 fully saturated rings. The first-order valence-electron chi connectivity index (χ1n) is 10.2. The van der Waals surface area contributed by atoms with Gasteiger partial charge in [-0.15, -0.1) is 0 Å². The maximum atomic E-state index is 12.4. The fraction of sp³-hybridized carbons (Fsp3) is 0.391. The Morgan fingerprint density at radius 1 is 1.07 bits per heavy atom. The lowest BCUT2D eigenvalue weighted by molar-refractivity contribution is -0.120. The first-order valence-corrected chi connectivity index (χ1v) is 10.2. The Labute approximate surface area is 172 Å². The van der Waals surface area contributed by atoms with E-state index in [2.05, 4.69) is 46.7 Å². The van der Waals surface area contributed by atoms with Crippen molar-refractivity contribution in [3.05, 3.63) is 65.2 Å². The smallest absolute Gasteiger partial charge is 0.255 e. The van der Waals surface area contributed by atoms with Crippen molar-refractivity contribution in [2.24, 2.45) is 0 Å². The summed E-state index contributed by atoms with van der Waals surface area (Å²) in [5, 5.41) is 5.59. The number of benzene rings is 2. The van der Waals surface area contributed by atoms with Crippen molar-refractivity contribution in [1.29, 1.82) is 0 Å². The molecule has 2 aromatic rings. The van der Waals surface area contributed by atoms with Crippen LogP contribution in [-0.4, -0.2) is 49.0 Å². The normalized spacial score (nSPS) is 14.6. The van der Waals surface area contributed by atoms with Gasteiger partial charge >= 0.3 is 0 Å². The molecular weight excluding hydrogens is 366 g/mol. The molecule has 2 N–H and O–H groups in total. The summed E-state index contributed by atoms with van der Waals surface area (Å²) in [4.78, 5) is 26.9. The number of rotatable bonds is 8. The number of hydrogen-bond acceptors (Lipinski definition) is 4. The molecule has 1 aliphatic heterocycles. The lowest BCUT2D eigenvalue weighted by Crippen LogP contribution is -2.46. The number of nitrogens with zero attached hydrogens (tertiary/aromatic N) is 1. The zero-order chi connectivity index (χ0) is 20.6. The van der Waals surface area contributed by atoms with Gasteiger partial charge in [0.05, 0.1) is 18.7 Å². The highest BCUT2D eigenvalue weighted by molar-refractivity contribution is 5.98. The molecular formula is C23H29N3O3. The van der Waals surface area contributed by atoms with E-state index >= 15 is 0 Å². The first kappa shape index (κ1) is 20.9. The van der Waals surface area contributed by atoms with Crippen LogP contribution in [0.25, 0.3) is 0 Å². The summed E-state index contributed by atoms with van der Waals surface area (Å²) in [5.41, 5.74) is 3.20. The molecule has 0 spiro atoms. The van der Waals surface area contributed by atoms with Gasteiger partial charge in [-0.1, -0.05) is 36.4 Å². The molecule has 1 unspecified atom stereocenters. The number of hydrogen-bond donors (Lipinski definition) is 2. The molecule has 1 atom stereocenters. The quantitative estimate of drug-likeness (QED) is 0.720. The number of para-hydroxylation sites is 1. The second-order valence-electron chi connectivity index (χ2n) is 7.25. The van der Waals surface area contributed by atoms with Crippen LogP contribution in [0.5, 0.6) is 5.75 Å². The molecule has 2 aromatic carbocycles. The maximum absolute atomic E-state index is 12.4. The largest absolute Gasteiger partial charge is 0.493 e. The van der Waals surface area contributed by atoms with Gasteiger partial charge in [0.15, 0.2) is 0 Å². The Balaban J connectivity index is 1.44. The van der Waals surface area contributed by atoms with Gasteiger partial charge in [0, 0.05) is 25.7 Å². The van der Waals surface area contributed by atoms with Gasteiger partial charge in [-0.2, -0.15) is 0 Å². The SMILES string of the molecule is CCOc1ccccc1C(=O)NCC(=O)NCC(C)N1CCc2ccccc2C1. The number of fused-ring (bicyclic) bond motifs is 1. The minimum atomic E-state index is -0.315. The monoisotopic (exact) mass is 395 g/mol. The van der Waals surface area contributed by atoms with Crippen molar-refractivity contribution in [2.75, 3.05) is 26.2 Å². The molecule has 6 heteroatoms. The lowest BCUT2D eigenvalue weighted by atomic mass is 9.99. The van der Waals surface area contributed by atoms with Crippen LogP contribution in [-0.2, 0) is 17.8 Å². The highest BCUT2D eigenvalue weighted by Gasteiger charge is 2.21. The van der Waals surface area contributed by atoms with Crippen molar-refractivity contribution >= 4 is 11.8 Å². The molecule has 29 heavy (non-hydrogen) atoms. The molecule has 0 aromatic heterocycles. The van der Waals surface area contributed by atoms with Crippen molar-refractivity contribution in [1.82, 2.24) is 15.5 Å². The fourth-order valence-electron chi connectivity index (χ4n) is 3.54. The topological polar surface area (TPSA) is 70.7 Å². The molecule has 0 radical (unpaired) electrons. The predicted molar refractivity (Wildman–Crippen MR) is 113 cm³/mol. The van der Waals surface area contributed by atoms with Crippen molar-refractivity contribution in [3.8, 4) is 5.75 Å². The molecule has 3 rings (SSSR count). The van der Waals surface area contributed by atoms with Gasteiger partial charge in [-0.25, -0.2) is 0 Å². The zero-order valence-corrected chi connectivity index (χ0v) is 17.1. The molecule has 0 saturated heterocycles. The number of carbonyl (C=O) groups excluding carboxylic acids is 2. The molecule has 0 saturated carbocycles. The van der Waals surface area contributed by atoms with Crippen LogP contribution in [0.4, 0.5) is 0 Å². The van der Waals surface area contributed by atoms with Crippen LogP contribution in [0.15, 0.2) is 48.5 Å². The highest BCUT2D eigenvalue weighted by Crippen LogP contribution is 2.20. The molecule has 1 heterocycles. The van der Waals surface area contributed by atoms with Crippen molar-refractivity contribution in [2.45, 2.75) is 32.9 Å². The molecule has 0 aliphatic carbocycles. The molecule has 1 aliphatic rings. The third-order valence-corrected chi connectivity index (χ3v) is 5.22. The van der Waals surface area contributed by atoms with Crippen LogP contribution < -0.4 is 15.4 Å². The van der Waals surface area contributed by atoms with E-state index < -0.39 is 0 Å². The third kappa shape index (κ3) is 5.57. The van der Waals surface area contributed by atoms with Crippen molar-refractivity contribution in [3.63, 3.8) is 0 Å². The minimum absolute atomic E-state index is 0.0607. The maximum Gasteiger partial charge on any atom is 0.255 e. The second kappa shape index (κ2) is 10.1. The van der Waals surface area contributed by atoms with Crippen LogP contribution >= 0.6 is 0 Å². The standard InChI is InChI=1S/C23H29N3O3/c1-3-29-21-11-7-6-10-20(21)23(28)25-15-22(27)24-14-17(2)26-13-12-18-8-4-5-9-19(18)16-26/h4-11,17H,3,12-16H2,1-2H3,(H,24,27)(H,25,28). The van der Waals surface area contributed by atoms with Gasteiger partial charge in [-0.05, 0) is 43.5 Å². The van der Waals surface area contributed by atoms with E-state index in [4.69, 9.17) is 4.74 Å². The van der Waals surface area contributed by atoms with Crippen LogP contribution in [0, 0.1) is 0 Å². The summed E-state index contributed by atoms with van der Waals surface area (Å²) < 4.78 is 5.47. The van der Waals surface area contributed by atoms with Gasteiger partial charge in [-0.3, -0.25) is 14.5 Å². The van der Waals surface area contributed by atoms with E-state index in [1.54, 1.807) is 18.2 Å². The third-order valence-electron chi connectivity index (χ3n) is 5.22. The van der Waals surface area contributed by atoms with Crippen molar-refractivity contribution < 1.29 is 14.3 Å².